The minimum atomic E-state index is -0.927. The second-order valence-corrected chi connectivity index (χ2v) is 8.58. The zero-order valence-corrected chi connectivity index (χ0v) is 20.4. The largest absolute Gasteiger partial charge is 0.494 e. The smallest absolute Gasteiger partial charge is 0.336 e. The lowest BCUT2D eigenvalue weighted by Crippen LogP contribution is -2.43. The van der Waals surface area contributed by atoms with Crippen LogP contribution in [0.2, 0.25) is 0 Å². The number of nitrogens with one attached hydrogen (secondary N) is 1. The summed E-state index contributed by atoms with van der Waals surface area (Å²) in [5.41, 5.74) is 2.82. The predicted molar refractivity (Wildman–Crippen MR) is 125 cm³/mol. The topological polar surface area (TPSA) is 100 Å². The second kappa shape index (κ2) is 11.3. The lowest BCUT2D eigenvalue weighted by atomic mass is 9.69. The summed E-state index contributed by atoms with van der Waals surface area (Å²) >= 11 is 0. The maximum absolute atomic E-state index is 13.7. The lowest BCUT2D eigenvalue weighted by molar-refractivity contribution is -0.151. The Morgan fingerprint density at radius 3 is 2.41 bits per heavy atom. The second-order valence-electron chi connectivity index (χ2n) is 8.58. The molecule has 0 unspecified atom stereocenters. The molecule has 2 aliphatic rings. The van der Waals surface area contributed by atoms with Crippen molar-refractivity contribution in [3.05, 3.63) is 52.4 Å². The van der Waals surface area contributed by atoms with Crippen molar-refractivity contribution in [1.29, 1.82) is 0 Å². The quantitative estimate of drug-likeness (QED) is 0.333. The van der Waals surface area contributed by atoms with Gasteiger partial charge in [0.1, 0.15) is 18.3 Å². The van der Waals surface area contributed by atoms with Crippen LogP contribution in [0, 0.1) is 11.8 Å². The van der Waals surface area contributed by atoms with E-state index in [1.807, 2.05) is 38.1 Å². The molecule has 184 valence electrons. The van der Waals surface area contributed by atoms with Gasteiger partial charge in [-0.25, -0.2) is 4.79 Å². The molecule has 8 nitrogen and oxygen atoms in total. The molecule has 1 N–H and O–H groups in total. The van der Waals surface area contributed by atoms with E-state index in [1.165, 1.54) is 14.2 Å². The van der Waals surface area contributed by atoms with E-state index in [-0.39, 0.29) is 24.9 Å². The number of Topliss-reactive ketones (excluding diaryl/α,β-unsaturated/α-hetero) is 1. The van der Waals surface area contributed by atoms with Crippen LogP contribution >= 0.6 is 0 Å². The highest BCUT2D eigenvalue weighted by atomic mass is 16.6. The van der Waals surface area contributed by atoms with Crippen molar-refractivity contribution >= 4 is 17.7 Å². The highest BCUT2D eigenvalue weighted by Crippen LogP contribution is 2.45. The Bertz CT molecular complexity index is 993. The molecule has 0 saturated carbocycles. The monoisotopic (exact) mass is 471 g/mol. The van der Waals surface area contributed by atoms with Crippen LogP contribution in [0.1, 0.15) is 45.1 Å². The van der Waals surface area contributed by atoms with E-state index in [0.717, 1.165) is 17.7 Å². The molecule has 34 heavy (non-hydrogen) atoms. The van der Waals surface area contributed by atoms with Crippen molar-refractivity contribution in [1.82, 2.24) is 5.32 Å². The first-order valence-electron chi connectivity index (χ1n) is 11.6. The molecule has 1 aliphatic heterocycles. The minimum absolute atomic E-state index is 0.0876. The molecular formula is C26H33NO7. The average molecular weight is 472 g/mol. The number of ether oxygens (including phenoxy) is 4. The molecule has 1 aliphatic carbocycles. The number of carbonyl (C=O) groups is 3. The van der Waals surface area contributed by atoms with E-state index < -0.39 is 23.8 Å². The highest BCUT2D eigenvalue weighted by Gasteiger charge is 2.47. The van der Waals surface area contributed by atoms with Crippen LogP contribution in [-0.2, 0) is 28.6 Å². The first-order chi connectivity index (χ1) is 16.3. The fourth-order valence-electron chi connectivity index (χ4n) is 4.56. The maximum Gasteiger partial charge on any atom is 0.336 e. The van der Waals surface area contributed by atoms with Crippen LogP contribution in [0.4, 0.5) is 0 Å². The molecule has 0 bridgehead atoms. The summed E-state index contributed by atoms with van der Waals surface area (Å²) in [6.45, 7) is 6.62. The Morgan fingerprint density at radius 1 is 1.09 bits per heavy atom. The van der Waals surface area contributed by atoms with Gasteiger partial charge >= 0.3 is 11.9 Å². The number of carbonyl (C=O) groups excluding carboxylic acids is 3. The molecule has 0 radical (unpaired) electrons. The summed E-state index contributed by atoms with van der Waals surface area (Å²) in [6, 6.07) is 7.34. The van der Waals surface area contributed by atoms with Crippen LogP contribution in [0.3, 0.4) is 0 Å². The molecule has 0 amide bonds. The van der Waals surface area contributed by atoms with Gasteiger partial charge in [-0.05, 0) is 43.4 Å². The number of methoxy groups -OCH3 is 2. The SMILES string of the molecule is CCCOc1ccc([C@@H]2C(C(=O)OCCOC)=C(C)NC3=C2C(=O)[C@@H](C(=O)OC)[C@H](C)C3)cc1. The highest BCUT2D eigenvalue weighted by molar-refractivity contribution is 6.12. The number of rotatable bonds is 9. The number of esters is 2. The van der Waals surface area contributed by atoms with Gasteiger partial charge in [-0.3, -0.25) is 9.59 Å². The van der Waals surface area contributed by atoms with Crippen LogP contribution in [0.15, 0.2) is 46.8 Å². The third kappa shape index (κ3) is 5.17. The van der Waals surface area contributed by atoms with E-state index in [1.54, 1.807) is 6.92 Å². The Balaban J connectivity index is 2.07. The Kier molecular flexibility index (Phi) is 8.50. The molecule has 0 fully saturated rings. The Morgan fingerprint density at radius 2 is 1.79 bits per heavy atom. The van der Waals surface area contributed by atoms with Crippen molar-refractivity contribution < 1.29 is 33.3 Å². The lowest BCUT2D eigenvalue weighted by Gasteiger charge is -2.38. The van der Waals surface area contributed by atoms with Gasteiger partial charge in [0.2, 0.25) is 0 Å². The standard InChI is InChI=1S/C26H33NO7/c1-6-11-33-18-9-7-17(8-10-18)22-21(26(30)34-13-12-31-4)16(3)27-19-14-15(2)20(25(29)32-5)24(28)23(19)22/h7-10,15,20,22,27H,6,11-14H2,1-5H3/t15-,20+,22-/m1/s1. The van der Waals surface area contributed by atoms with Gasteiger partial charge in [0, 0.05) is 30.0 Å². The molecule has 1 heterocycles. The van der Waals surface area contributed by atoms with E-state index >= 15 is 0 Å². The summed E-state index contributed by atoms with van der Waals surface area (Å²) in [7, 11) is 2.80. The maximum atomic E-state index is 13.7. The fourth-order valence-corrected chi connectivity index (χ4v) is 4.56. The Hall–Kier alpha value is -3.13. The van der Waals surface area contributed by atoms with Crippen LogP contribution < -0.4 is 10.1 Å². The van der Waals surface area contributed by atoms with Crippen molar-refractivity contribution in [2.45, 2.75) is 39.5 Å². The summed E-state index contributed by atoms with van der Waals surface area (Å²) in [5.74, 6) is -2.58. The average Bonchev–Trinajstić information content (AvgIpc) is 2.82. The minimum Gasteiger partial charge on any atom is -0.494 e. The molecule has 1 aromatic carbocycles. The van der Waals surface area contributed by atoms with Crippen molar-refractivity contribution in [2.24, 2.45) is 11.8 Å². The van der Waals surface area contributed by atoms with Gasteiger partial charge in [-0.1, -0.05) is 26.0 Å². The van der Waals surface area contributed by atoms with E-state index in [4.69, 9.17) is 18.9 Å². The number of allylic oxidation sites excluding steroid dienone is 3. The first kappa shape index (κ1) is 25.5. The third-order valence-electron chi connectivity index (χ3n) is 6.17. The zero-order valence-electron chi connectivity index (χ0n) is 20.4. The normalized spacial score (nSPS) is 22.1. The van der Waals surface area contributed by atoms with E-state index in [0.29, 0.717) is 35.6 Å². The van der Waals surface area contributed by atoms with Crippen molar-refractivity contribution in [3.8, 4) is 5.75 Å². The molecule has 0 spiro atoms. The number of hydrogen-bond donors (Lipinski definition) is 1. The predicted octanol–water partition coefficient (Wildman–Crippen LogP) is 3.28. The van der Waals surface area contributed by atoms with Crippen LogP contribution in [0.5, 0.6) is 5.75 Å². The number of ketones is 1. The molecule has 1 aromatic rings. The summed E-state index contributed by atoms with van der Waals surface area (Å²) < 4.78 is 21.1. The van der Waals surface area contributed by atoms with Gasteiger partial charge in [0.05, 0.1) is 25.9 Å². The molecule has 0 saturated heterocycles. The van der Waals surface area contributed by atoms with Gasteiger partial charge in [0.15, 0.2) is 5.78 Å². The molecule has 8 heteroatoms. The first-order valence-corrected chi connectivity index (χ1v) is 11.6. The summed E-state index contributed by atoms with van der Waals surface area (Å²) in [6.07, 6.45) is 1.37. The Labute approximate surface area is 200 Å². The van der Waals surface area contributed by atoms with Crippen LogP contribution in [0.25, 0.3) is 0 Å². The van der Waals surface area contributed by atoms with E-state index in [9.17, 15) is 14.4 Å². The van der Waals surface area contributed by atoms with Gasteiger partial charge in [0.25, 0.3) is 0 Å². The van der Waals surface area contributed by atoms with Gasteiger partial charge < -0.3 is 24.3 Å². The summed E-state index contributed by atoms with van der Waals surface area (Å²) in [5, 5.41) is 3.25. The molecule has 3 atom stereocenters. The van der Waals surface area contributed by atoms with Gasteiger partial charge in [-0.15, -0.1) is 0 Å². The number of benzene rings is 1. The van der Waals surface area contributed by atoms with Crippen molar-refractivity contribution in [3.63, 3.8) is 0 Å². The van der Waals surface area contributed by atoms with E-state index in [2.05, 4.69) is 5.32 Å². The molecular weight excluding hydrogens is 438 g/mol. The van der Waals surface area contributed by atoms with Gasteiger partial charge in [-0.2, -0.15) is 0 Å². The van der Waals surface area contributed by atoms with Crippen LogP contribution in [-0.4, -0.2) is 51.8 Å². The zero-order chi connectivity index (χ0) is 24.8. The number of dihydropyridines is 1. The third-order valence-corrected chi connectivity index (χ3v) is 6.17. The number of hydrogen-bond acceptors (Lipinski definition) is 8. The summed E-state index contributed by atoms with van der Waals surface area (Å²) in [4.78, 5) is 39.3. The fraction of sp³-hybridized carbons (Fsp3) is 0.500. The van der Waals surface area contributed by atoms with Crippen molar-refractivity contribution in [2.75, 3.05) is 34.0 Å². The molecule has 0 aromatic heterocycles. The molecule has 3 rings (SSSR count).